The minimum Gasteiger partial charge on any atom is -0.364 e. The summed E-state index contributed by atoms with van der Waals surface area (Å²) in [6, 6.07) is 1.75. The first kappa shape index (κ1) is 7.59. The number of hydrogen-bond donors (Lipinski definition) is 1. The molecular formula is C6H7IN2O. The SMILES string of the molecule is Cn1cc(I)cc1C(N)=O. The summed E-state index contributed by atoms with van der Waals surface area (Å²) in [5, 5.41) is 0. The maximum Gasteiger partial charge on any atom is 0.265 e. The van der Waals surface area contributed by atoms with Crippen LogP contribution in [0.15, 0.2) is 12.3 Å². The van der Waals surface area contributed by atoms with Gasteiger partial charge in [0.2, 0.25) is 0 Å². The molecule has 2 N–H and O–H groups in total. The topological polar surface area (TPSA) is 48.0 Å². The number of amides is 1. The normalized spacial score (nSPS) is 9.80. The predicted molar refractivity (Wildman–Crippen MR) is 46.6 cm³/mol. The van der Waals surface area contributed by atoms with Gasteiger partial charge in [0.05, 0.1) is 0 Å². The summed E-state index contributed by atoms with van der Waals surface area (Å²) in [6.45, 7) is 0. The minimum absolute atomic E-state index is 0.384. The van der Waals surface area contributed by atoms with E-state index in [9.17, 15) is 4.79 Å². The minimum atomic E-state index is -0.384. The zero-order valence-electron chi connectivity index (χ0n) is 5.47. The van der Waals surface area contributed by atoms with Gasteiger partial charge in [-0.3, -0.25) is 4.79 Å². The fourth-order valence-electron chi connectivity index (χ4n) is 0.769. The van der Waals surface area contributed by atoms with Crippen molar-refractivity contribution in [2.75, 3.05) is 0 Å². The Labute approximate surface area is 72.3 Å². The van der Waals surface area contributed by atoms with Crippen LogP contribution < -0.4 is 5.73 Å². The van der Waals surface area contributed by atoms with Crippen molar-refractivity contribution in [3.63, 3.8) is 0 Å². The number of nitrogens with zero attached hydrogens (tertiary/aromatic N) is 1. The van der Waals surface area contributed by atoms with Crippen molar-refractivity contribution in [2.45, 2.75) is 0 Å². The largest absolute Gasteiger partial charge is 0.364 e. The molecule has 1 aromatic rings. The van der Waals surface area contributed by atoms with Crippen LogP contribution in [0, 0.1) is 3.57 Å². The first-order chi connectivity index (χ1) is 4.61. The Hall–Kier alpha value is -0.520. The van der Waals surface area contributed by atoms with Crippen LogP contribution in [0.2, 0.25) is 0 Å². The molecule has 0 saturated heterocycles. The lowest BCUT2D eigenvalue weighted by Crippen LogP contribution is -2.14. The molecule has 54 valence electrons. The zero-order valence-corrected chi connectivity index (χ0v) is 7.62. The highest BCUT2D eigenvalue weighted by molar-refractivity contribution is 14.1. The van der Waals surface area contributed by atoms with E-state index < -0.39 is 0 Å². The van der Waals surface area contributed by atoms with Crippen molar-refractivity contribution < 1.29 is 4.79 Å². The van der Waals surface area contributed by atoms with Crippen LogP contribution in [0.25, 0.3) is 0 Å². The Morgan fingerprint density at radius 2 is 2.40 bits per heavy atom. The smallest absolute Gasteiger partial charge is 0.265 e. The Morgan fingerprint density at radius 3 is 2.60 bits per heavy atom. The van der Waals surface area contributed by atoms with Crippen LogP contribution in [-0.4, -0.2) is 10.5 Å². The molecule has 0 bridgehead atoms. The van der Waals surface area contributed by atoms with Crippen LogP contribution in [-0.2, 0) is 7.05 Å². The van der Waals surface area contributed by atoms with E-state index in [1.165, 1.54) is 0 Å². The third kappa shape index (κ3) is 1.31. The zero-order chi connectivity index (χ0) is 7.72. The highest BCUT2D eigenvalue weighted by atomic mass is 127. The molecular weight excluding hydrogens is 243 g/mol. The van der Waals surface area contributed by atoms with E-state index in [4.69, 9.17) is 5.73 Å². The Balaban J connectivity index is 3.15. The molecule has 0 saturated carbocycles. The first-order valence-electron chi connectivity index (χ1n) is 2.73. The standard InChI is InChI=1S/C6H7IN2O/c1-9-3-4(7)2-5(9)6(8)10/h2-3H,1H3,(H2,8,10). The molecule has 3 nitrogen and oxygen atoms in total. The van der Waals surface area contributed by atoms with Gasteiger partial charge in [0.1, 0.15) is 5.69 Å². The number of primary amides is 1. The van der Waals surface area contributed by atoms with E-state index in [1.54, 1.807) is 17.7 Å². The van der Waals surface area contributed by atoms with Crippen LogP contribution >= 0.6 is 22.6 Å². The number of aryl methyl sites for hydroxylation is 1. The second-order valence-electron chi connectivity index (χ2n) is 2.02. The second kappa shape index (κ2) is 2.61. The van der Waals surface area contributed by atoms with Gasteiger partial charge in [-0.2, -0.15) is 0 Å². The summed E-state index contributed by atoms with van der Waals surface area (Å²) in [5.74, 6) is -0.384. The fraction of sp³-hybridized carbons (Fsp3) is 0.167. The van der Waals surface area contributed by atoms with Gasteiger partial charge in [-0.15, -0.1) is 0 Å². The predicted octanol–water partition coefficient (Wildman–Crippen LogP) is 0.729. The van der Waals surface area contributed by atoms with Crippen molar-refractivity contribution in [3.8, 4) is 0 Å². The van der Waals surface area contributed by atoms with Gasteiger partial charge in [-0.05, 0) is 28.7 Å². The molecule has 10 heavy (non-hydrogen) atoms. The fourth-order valence-corrected chi connectivity index (χ4v) is 1.48. The summed E-state index contributed by atoms with van der Waals surface area (Å²) >= 11 is 2.13. The molecule has 1 aromatic heterocycles. The van der Waals surface area contributed by atoms with E-state index in [-0.39, 0.29) is 5.91 Å². The van der Waals surface area contributed by atoms with Crippen LogP contribution in [0.1, 0.15) is 10.5 Å². The molecule has 1 rings (SSSR count). The number of carbonyl (C=O) groups is 1. The summed E-state index contributed by atoms with van der Waals surface area (Å²) in [7, 11) is 1.79. The highest BCUT2D eigenvalue weighted by Gasteiger charge is 2.04. The molecule has 0 aromatic carbocycles. The van der Waals surface area contributed by atoms with Gasteiger partial charge in [0.15, 0.2) is 0 Å². The molecule has 1 heterocycles. The first-order valence-corrected chi connectivity index (χ1v) is 3.81. The van der Waals surface area contributed by atoms with Crippen LogP contribution in [0.5, 0.6) is 0 Å². The number of hydrogen-bond acceptors (Lipinski definition) is 1. The number of halogens is 1. The molecule has 0 fully saturated rings. The lowest BCUT2D eigenvalue weighted by molar-refractivity contribution is 0.0992. The Bertz CT molecular complexity index is 267. The van der Waals surface area contributed by atoms with Gasteiger partial charge in [-0.25, -0.2) is 0 Å². The molecule has 0 aliphatic carbocycles. The average Bonchev–Trinajstić information content (AvgIpc) is 2.10. The van der Waals surface area contributed by atoms with Crippen molar-refractivity contribution in [1.82, 2.24) is 4.57 Å². The van der Waals surface area contributed by atoms with E-state index in [1.807, 2.05) is 6.20 Å². The number of aromatic nitrogens is 1. The van der Waals surface area contributed by atoms with E-state index >= 15 is 0 Å². The Morgan fingerprint density at radius 1 is 1.80 bits per heavy atom. The van der Waals surface area contributed by atoms with Crippen LogP contribution in [0.4, 0.5) is 0 Å². The highest BCUT2D eigenvalue weighted by Crippen LogP contribution is 2.08. The summed E-state index contributed by atoms with van der Waals surface area (Å²) in [6.07, 6.45) is 1.85. The monoisotopic (exact) mass is 250 g/mol. The van der Waals surface area contributed by atoms with Crippen molar-refractivity contribution in [3.05, 3.63) is 21.5 Å². The van der Waals surface area contributed by atoms with Gasteiger partial charge >= 0.3 is 0 Å². The summed E-state index contributed by atoms with van der Waals surface area (Å²) in [5.41, 5.74) is 5.61. The Kier molecular flexibility index (Phi) is 1.98. The molecule has 0 atom stereocenters. The number of carbonyl (C=O) groups excluding carboxylic acids is 1. The number of nitrogens with two attached hydrogens (primary N) is 1. The molecule has 0 unspecified atom stereocenters. The molecule has 0 aliphatic heterocycles. The molecule has 0 aliphatic rings. The van der Waals surface area contributed by atoms with E-state index in [0.717, 1.165) is 3.57 Å². The second-order valence-corrected chi connectivity index (χ2v) is 3.26. The maximum absolute atomic E-state index is 10.6. The van der Waals surface area contributed by atoms with E-state index in [0.29, 0.717) is 5.69 Å². The quantitative estimate of drug-likeness (QED) is 0.734. The van der Waals surface area contributed by atoms with Gasteiger partial charge in [0.25, 0.3) is 5.91 Å². The van der Waals surface area contributed by atoms with Crippen molar-refractivity contribution in [2.24, 2.45) is 12.8 Å². The molecule has 0 spiro atoms. The summed E-state index contributed by atoms with van der Waals surface area (Å²) in [4.78, 5) is 10.6. The van der Waals surface area contributed by atoms with Gasteiger partial charge in [-0.1, -0.05) is 0 Å². The summed E-state index contributed by atoms with van der Waals surface area (Å²) < 4.78 is 2.73. The van der Waals surface area contributed by atoms with Crippen molar-refractivity contribution in [1.29, 1.82) is 0 Å². The maximum atomic E-state index is 10.6. The molecule has 0 radical (unpaired) electrons. The third-order valence-electron chi connectivity index (χ3n) is 1.22. The van der Waals surface area contributed by atoms with Crippen molar-refractivity contribution >= 4 is 28.5 Å². The van der Waals surface area contributed by atoms with Crippen LogP contribution in [0.3, 0.4) is 0 Å². The van der Waals surface area contributed by atoms with E-state index in [2.05, 4.69) is 22.6 Å². The molecule has 4 heteroatoms. The molecule has 1 amide bonds. The number of rotatable bonds is 1. The average molecular weight is 250 g/mol. The lowest BCUT2D eigenvalue weighted by atomic mass is 10.4. The third-order valence-corrected chi connectivity index (χ3v) is 1.81. The van der Waals surface area contributed by atoms with Gasteiger partial charge < -0.3 is 10.3 Å². The van der Waals surface area contributed by atoms with Gasteiger partial charge in [0, 0.05) is 16.8 Å². The lowest BCUT2D eigenvalue weighted by Gasteiger charge is -1.94.